The van der Waals surface area contributed by atoms with Gasteiger partial charge in [-0.25, -0.2) is 13.8 Å². The van der Waals surface area contributed by atoms with Gasteiger partial charge < -0.3 is 15.5 Å². The molecule has 2 heterocycles. The number of alkyl halides is 2. The third kappa shape index (κ3) is 4.52. The number of hydrogen-bond acceptors (Lipinski definition) is 4. The number of likely N-dealkylation sites (N-methyl/N-ethyl adjacent to an activating group) is 1. The SMILES string of the molecule is CNC1CCN(c2ccc3c(C(=O)NCC4CCCC(F)(F)C4)c(Cl)ccc3n2)C1. The number of nitrogens with zero attached hydrogens (tertiary/aromatic N) is 2. The van der Waals surface area contributed by atoms with Crippen molar-refractivity contribution in [1.82, 2.24) is 15.6 Å². The Morgan fingerprint density at radius 2 is 2.13 bits per heavy atom. The van der Waals surface area contributed by atoms with Gasteiger partial charge in [-0.2, -0.15) is 0 Å². The van der Waals surface area contributed by atoms with E-state index in [1.54, 1.807) is 6.07 Å². The molecule has 1 amide bonds. The van der Waals surface area contributed by atoms with Gasteiger partial charge in [0.25, 0.3) is 5.91 Å². The molecule has 1 saturated carbocycles. The molecular formula is C22H27ClF2N4O. The zero-order valence-electron chi connectivity index (χ0n) is 17.1. The lowest BCUT2D eigenvalue weighted by molar-refractivity contribution is -0.0518. The summed E-state index contributed by atoms with van der Waals surface area (Å²) in [7, 11) is 1.96. The Balaban J connectivity index is 1.51. The molecule has 0 spiro atoms. The summed E-state index contributed by atoms with van der Waals surface area (Å²) < 4.78 is 27.3. The number of anilines is 1. The van der Waals surface area contributed by atoms with E-state index in [0.717, 1.165) is 25.3 Å². The summed E-state index contributed by atoms with van der Waals surface area (Å²) in [4.78, 5) is 19.8. The molecule has 2 fully saturated rings. The Labute approximate surface area is 180 Å². The van der Waals surface area contributed by atoms with E-state index in [1.165, 1.54) is 0 Å². The summed E-state index contributed by atoms with van der Waals surface area (Å²) in [5.41, 5.74) is 1.05. The Morgan fingerprint density at radius 3 is 2.87 bits per heavy atom. The lowest BCUT2D eigenvalue weighted by atomic mass is 9.86. The van der Waals surface area contributed by atoms with Crippen LogP contribution in [0.4, 0.5) is 14.6 Å². The minimum absolute atomic E-state index is 0.0628. The normalized spacial score (nSPS) is 23.7. The Hall–Kier alpha value is -1.99. The summed E-state index contributed by atoms with van der Waals surface area (Å²) in [6, 6.07) is 7.71. The second-order valence-electron chi connectivity index (χ2n) is 8.41. The third-order valence-electron chi connectivity index (χ3n) is 6.25. The molecule has 8 heteroatoms. The van der Waals surface area contributed by atoms with E-state index >= 15 is 0 Å². The van der Waals surface area contributed by atoms with E-state index < -0.39 is 5.92 Å². The van der Waals surface area contributed by atoms with Crippen molar-refractivity contribution in [2.45, 2.75) is 44.1 Å². The smallest absolute Gasteiger partial charge is 0.253 e. The minimum atomic E-state index is -2.63. The highest BCUT2D eigenvalue weighted by atomic mass is 35.5. The fourth-order valence-electron chi connectivity index (χ4n) is 4.55. The summed E-state index contributed by atoms with van der Waals surface area (Å²) in [6.45, 7) is 2.05. The first-order valence-electron chi connectivity index (χ1n) is 10.5. The molecule has 0 radical (unpaired) electrons. The van der Waals surface area contributed by atoms with Crippen LogP contribution in [0.2, 0.25) is 5.02 Å². The minimum Gasteiger partial charge on any atom is -0.355 e. The van der Waals surface area contributed by atoms with Gasteiger partial charge in [-0.1, -0.05) is 11.6 Å². The average Bonchev–Trinajstić information content (AvgIpc) is 3.20. The van der Waals surface area contributed by atoms with Gasteiger partial charge in [-0.3, -0.25) is 4.79 Å². The maximum absolute atomic E-state index is 13.6. The molecule has 2 aromatic rings. The lowest BCUT2D eigenvalue weighted by Gasteiger charge is -2.29. The van der Waals surface area contributed by atoms with Gasteiger partial charge in [0.2, 0.25) is 5.92 Å². The van der Waals surface area contributed by atoms with E-state index in [1.807, 2.05) is 25.2 Å². The van der Waals surface area contributed by atoms with Crippen molar-refractivity contribution in [2.24, 2.45) is 5.92 Å². The van der Waals surface area contributed by atoms with E-state index in [4.69, 9.17) is 16.6 Å². The van der Waals surface area contributed by atoms with Gasteiger partial charge in [0.1, 0.15) is 5.82 Å². The highest BCUT2D eigenvalue weighted by molar-refractivity contribution is 6.35. The molecule has 5 nitrogen and oxygen atoms in total. The van der Waals surface area contributed by atoms with Crippen LogP contribution in [0.3, 0.4) is 0 Å². The first kappa shape index (κ1) is 21.2. The monoisotopic (exact) mass is 436 g/mol. The van der Waals surface area contributed by atoms with E-state index in [0.29, 0.717) is 40.4 Å². The Kier molecular flexibility index (Phi) is 6.11. The van der Waals surface area contributed by atoms with Crippen LogP contribution in [0.25, 0.3) is 10.9 Å². The van der Waals surface area contributed by atoms with Crippen LogP contribution in [0.15, 0.2) is 24.3 Å². The topological polar surface area (TPSA) is 57.3 Å². The number of aromatic nitrogens is 1. The van der Waals surface area contributed by atoms with Crippen LogP contribution in [0.1, 0.15) is 42.5 Å². The van der Waals surface area contributed by atoms with E-state index in [9.17, 15) is 13.6 Å². The largest absolute Gasteiger partial charge is 0.355 e. The molecule has 2 unspecified atom stereocenters. The van der Waals surface area contributed by atoms with Crippen LogP contribution in [0, 0.1) is 5.92 Å². The number of benzene rings is 1. The molecule has 4 rings (SSSR count). The van der Waals surface area contributed by atoms with Gasteiger partial charge in [0.05, 0.1) is 16.1 Å². The van der Waals surface area contributed by atoms with Crippen LogP contribution in [-0.4, -0.2) is 49.5 Å². The molecule has 1 saturated heterocycles. The molecule has 2 N–H and O–H groups in total. The first-order chi connectivity index (χ1) is 14.4. The van der Waals surface area contributed by atoms with Gasteiger partial charge in [0, 0.05) is 43.9 Å². The number of hydrogen-bond donors (Lipinski definition) is 2. The van der Waals surface area contributed by atoms with Gasteiger partial charge >= 0.3 is 0 Å². The predicted molar refractivity (Wildman–Crippen MR) is 116 cm³/mol. The third-order valence-corrected chi connectivity index (χ3v) is 6.56. The Morgan fingerprint density at radius 1 is 1.30 bits per heavy atom. The second kappa shape index (κ2) is 8.63. The molecule has 2 aliphatic rings. The molecule has 1 aliphatic heterocycles. The summed E-state index contributed by atoms with van der Waals surface area (Å²) in [5.74, 6) is -2.32. The molecule has 2 atom stereocenters. The zero-order valence-corrected chi connectivity index (χ0v) is 17.8. The van der Waals surface area contributed by atoms with Gasteiger partial charge in [-0.05, 0) is 56.5 Å². The number of carbonyl (C=O) groups is 1. The van der Waals surface area contributed by atoms with Gasteiger partial charge in [0.15, 0.2) is 0 Å². The maximum atomic E-state index is 13.6. The second-order valence-corrected chi connectivity index (χ2v) is 8.81. The number of nitrogens with one attached hydrogen (secondary N) is 2. The fraction of sp³-hybridized carbons (Fsp3) is 0.545. The summed E-state index contributed by atoms with van der Waals surface area (Å²) >= 11 is 6.34. The predicted octanol–water partition coefficient (Wildman–Crippen LogP) is 4.24. The molecule has 1 aliphatic carbocycles. The molecule has 0 bridgehead atoms. The van der Waals surface area contributed by atoms with Crippen molar-refractivity contribution in [2.75, 3.05) is 31.6 Å². The highest BCUT2D eigenvalue weighted by Gasteiger charge is 2.36. The number of pyridine rings is 1. The number of carbonyl (C=O) groups excluding carboxylic acids is 1. The van der Waals surface area contributed by atoms with Crippen molar-refractivity contribution in [3.63, 3.8) is 0 Å². The summed E-state index contributed by atoms with van der Waals surface area (Å²) in [5, 5.41) is 7.11. The molecule has 30 heavy (non-hydrogen) atoms. The molecule has 1 aromatic carbocycles. The zero-order chi connectivity index (χ0) is 21.3. The van der Waals surface area contributed by atoms with Crippen molar-refractivity contribution in [3.8, 4) is 0 Å². The lowest BCUT2D eigenvalue weighted by Crippen LogP contribution is -2.35. The highest BCUT2D eigenvalue weighted by Crippen LogP contribution is 2.36. The number of fused-ring (bicyclic) bond motifs is 1. The van der Waals surface area contributed by atoms with Crippen LogP contribution in [0.5, 0.6) is 0 Å². The summed E-state index contributed by atoms with van der Waals surface area (Å²) in [6.07, 6.45) is 2.01. The van der Waals surface area contributed by atoms with E-state index in [2.05, 4.69) is 15.5 Å². The van der Waals surface area contributed by atoms with Crippen molar-refractivity contribution in [1.29, 1.82) is 0 Å². The quantitative estimate of drug-likeness (QED) is 0.736. The van der Waals surface area contributed by atoms with Crippen molar-refractivity contribution < 1.29 is 13.6 Å². The standard InChI is InChI=1S/C22H27ClF2N4O/c1-26-15-8-10-29(13-15)19-7-4-16-18(28-19)6-5-17(23)20(16)21(30)27-12-14-3-2-9-22(24,25)11-14/h4-7,14-15,26H,2-3,8-13H2,1H3,(H,27,30). The first-order valence-corrected chi connectivity index (χ1v) is 10.9. The average molecular weight is 437 g/mol. The fourth-order valence-corrected chi connectivity index (χ4v) is 4.80. The number of rotatable bonds is 5. The number of halogens is 3. The van der Waals surface area contributed by atoms with E-state index in [-0.39, 0.29) is 31.2 Å². The van der Waals surface area contributed by atoms with Crippen LogP contribution >= 0.6 is 11.6 Å². The number of amides is 1. The van der Waals surface area contributed by atoms with Crippen LogP contribution in [-0.2, 0) is 0 Å². The molecule has 1 aromatic heterocycles. The Bertz CT molecular complexity index is 939. The van der Waals surface area contributed by atoms with Crippen molar-refractivity contribution >= 4 is 34.2 Å². The molecule has 162 valence electrons. The van der Waals surface area contributed by atoms with Crippen LogP contribution < -0.4 is 15.5 Å². The van der Waals surface area contributed by atoms with Gasteiger partial charge in [-0.15, -0.1) is 0 Å². The maximum Gasteiger partial charge on any atom is 0.253 e. The van der Waals surface area contributed by atoms with Crippen molar-refractivity contribution in [3.05, 3.63) is 34.9 Å². The molecular weight excluding hydrogens is 410 g/mol.